The van der Waals surface area contributed by atoms with Crippen molar-refractivity contribution in [2.24, 2.45) is 0 Å². The van der Waals surface area contributed by atoms with Crippen LogP contribution >= 0.6 is 15.9 Å². The highest BCUT2D eigenvalue weighted by molar-refractivity contribution is 9.10. The summed E-state index contributed by atoms with van der Waals surface area (Å²) in [4.78, 5) is 28.5. The van der Waals surface area contributed by atoms with Crippen LogP contribution < -0.4 is 9.62 Å². The summed E-state index contributed by atoms with van der Waals surface area (Å²) < 4.78 is 27.7. The van der Waals surface area contributed by atoms with Gasteiger partial charge < -0.3 is 10.2 Å². The van der Waals surface area contributed by atoms with Crippen molar-refractivity contribution >= 4 is 43.5 Å². The third-order valence-corrected chi connectivity index (χ3v) is 7.69. The van der Waals surface area contributed by atoms with Gasteiger partial charge in [-0.25, -0.2) is 8.42 Å². The topological polar surface area (TPSA) is 86.8 Å². The molecule has 3 aromatic carbocycles. The van der Waals surface area contributed by atoms with E-state index in [1.165, 1.54) is 11.9 Å². The van der Waals surface area contributed by atoms with Crippen molar-refractivity contribution in [2.45, 2.75) is 32.9 Å². The first-order valence-corrected chi connectivity index (χ1v) is 14.5. The fraction of sp³-hybridized carbons (Fsp3) is 0.286. The minimum absolute atomic E-state index is 0.133. The Morgan fingerprint density at radius 3 is 2.24 bits per heavy atom. The number of halogens is 1. The number of rotatable bonds is 10. The maximum atomic E-state index is 13.9. The number of anilines is 1. The van der Waals surface area contributed by atoms with Crippen molar-refractivity contribution in [1.29, 1.82) is 0 Å². The van der Waals surface area contributed by atoms with E-state index in [1.54, 1.807) is 13.0 Å². The SMILES string of the molecule is CNC(=O)[C@@H](Cc1ccccc1)N(Cc1cccc(Br)c1)C(=O)CN(c1cc(C)ccc1C)S(C)(=O)=O. The van der Waals surface area contributed by atoms with Crippen LogP contribution in [0.1, 0.15) is 22.3 Å². The van der Waals surface area contributed by atoms with E-state index < -0.39 is 28.5 Å². The summed E-state index contributed by atoms with van der Waals surface area (Å²) in [6.45, 7) is 3.37. The van der Waals surface area contributed by atoms with Crippen LogP contribution in [0, 0.1) is 13.8 Å². The molecule has 2 amide bonds. The molecule has 3 aromatic rings. The highest BCUT2D eigenvalue weighted by Gasteiger charge is 2.33. The molecule has 0 unspecified atom stereocenters. The molecule has 0 aliphatic rings. The molecule has 7 nitrogen and oxygen atoms in total. The molecule has 9 heteroatoms. The molecule has 0 bridgehead atoms. The molecule has 0 saturated carbocycles. The molecule has 0 aromatic heterocycles. The standard InChI is InChI=1S/C28H32BrN3O4S/c1-20-13-14-21(2)25(15-20)32(37(4,35)36)19-27(33)31(18-23-11-8-12-24(29)16-23)26(28(34)30-3)17-22-9-6-5-7-10-22/h5-16,26H,17-19H2,1-4H3,(H,30,34)/t26-/m1/s1. The summed E-state index contributed by atoms with van der Waals surface area (Å²) in [5, 5.41) is 2.68. The Kier molecular flexibility index (Phi) is 9.50. The van der Waals surface area contributed by atoms with Gasteiger partial charge in [0.25, 0.3) is 0 Å². The van der Waals surface area contributed by atoms with Crippen molar-refractivity contribution in [3.8, 4) is 0 Å². The Morgan fingerprint density at radius 2 is 1.62 bits per heavy atom. The molecule has 3 rings (SSSR count). The summed E-state index contributed by atoms with van der Waals surface area (Å²) in [6.07, 6.45) is 1.36. The van der Waals surface area contributed by atoms with Crippen molar-refractivity contribution < 1.29 is 18.0 Å². The number of nitrogens with zero attached hydrogens (tertiary/aromatic N) is 2. The van der Waals surface area contributed by atoms with Gasteiger partial charge >= 0.3 is 0 Å². The molecular weight excluding hydrogens is 554 g/mol. The Balaban J connectivity index is 2.06. The van der Waals surface area contributed by atoms with Crippen molar-refractivity contribution in [2.75, 3.05) is 24.2 Å². The number of carbonyl (C=O) groups is 2. The molecule has 196 valence electrons. The minimum Gasteiger partial charge on any atom is -0.357 e. The fourth-order valence-electron chi connectivity index (χ4n) is 4.14. The monoisotopic (exact) mass is 585 g/mol. The number of hydrogen-bond donors (Lipinski definition) is 1. The van der Waals surface area contributed by atoms with E-state index in [4.69, 9.17) is 0 Å². The lowest BCUT2D eigenvalue weighted by Crippen LogP contribution is -2.53. The molecule has 0 aliphatic heterocycles. The van der Waals surface area contributed by atoms with Crippen molar-refractivity contribution in [1.82, 2.24) is 10.2 Å². The number of hydrogen-bond acceptors (Lipinski definition) is 4. The van der Waals surface area contributed by atoms with Gasteiger partial charge in [0.15, 0.2) is 0 Å². The van der Waals surface area contributed by atoms with Gasteiger partial charge in [0.05, 0.1) is 11.9 Å². The third kappa shape index (κ3) is 7.66. The van der Waals surface area contributed by atoms with Gasteiger partial charge in [-0.05, 0) is 54.3 Å². The first-order valence-electron chi connectivity index (χ1n) is 11.8. The first-order chi connectivity index (χ1) is 17.5. The maximum absolute atomic E-state index is 13.9. The second kappa shape index (κ2) is 12.4. The van der Waals surface area contributed by atoms with Crippen LogP contribution in [0.25, 0.3) is 0 Å². The molecule has 37 heavy (non-hydrogen) atoms. The van der Waals surface area contributed by atoms with Gasteiger partial charge in [0, 0.05) is 24.5 Å². The first kappa shape index (κ1) is 28.4. The summed E-state index contributed by atoms with van der Waals surface area (Å²) in [6, 6.07) is 21.5. The predicted molar refractivity (Wildman–Crippen MR) is 151 cm³/mol. The summed E-state index contributed by atoms with van der Waals surface area (Å²) in [7, 11) is -2.27. The van der Waals surface area contributed by atoms with E-state index in [-0.39, 0.29) is 18.9 Å². The molecule has 0 spiro atoms. The number of carbonyl (C=O) groups excluding carboxylic acids is 2. The van der Waals surface area contributed by atoms with Crippen molar-refractivity contribution in [3.63, 3.8) is 0 Å². The van der Waals surface area contributed by atoms with Gasteiger partial charge in [-0.2, -0.15) is 0 Å². The summed E-state index contributed by atoms with van der Waals surface area (Å²) >= 11 is 3.46. The Morgan fingerprint density at radius 1 is 0.946 bits per heavy atom. The summed E-state index contributed by atoms with van der Waals surface area (Å²) in [5.74, 6) is -0.805. The fourth-order valence-corrected chi connectivity index (χ4v) is 5.48. The molecular formula is C28H32BrN3O4S. The second-order valence-corrected chi connectivity index (χ2v) is 11.9. The van der Waals surface area contributed by atoms with Crippen LogP contribution in [0.15, 0.2) is 77.3 Å². The van der Waals surface area contributed by atoms with E-state index in [1.807, 2.05) is 73.7 Å². The van der Waals surface area contributed by atoms with Crippen LogP contribution in [0.2, 0.25) is 0 Å². The molecule has 0 saturated heterocycles. The lowest BCUT2D eigenvalue weighted by atomic mass is 10.0. The van der Waals surface area contributed by atoms with Gasteiger partial charge in [-0.15, -0.1) is 0 Å². The highest BCUT2D eigenvalue weighted by atomic mass is 79.9. The number of sulfonamides is 1. The number of benzene rings is 3. The van der Waals surface area contributed by atoms with Crippen LogP contribution in [0.4, 0.5) is 5.69 Å². The van der Waals surface area contributed by atoms with Crippen LogP contribution in [0.5, 0.6) is 0 Å². The average Bonchev–Trinajstić information content (AvgIpc) is 2.85. The third-order valence-electron chi connectivity index (χ3n) is 6.07. The predicted octanol–water partition coefficient (Wildman–Crippen LogP) is 4.22. The highest BCUT2D eigenvalue weighted by Crippen LogP contribution is 2.25. The zero-order chi connectivity index (χ0) is 27.2. The number of likely N-dealkylation sites (N-methyl/N-ethyl adjacent to an activating group) is 1. The zero-order valence-corrected chi connectivity index (χ0v) is 23.8. The Labute approximate surface area is 227 Å². The van der Waals surface area contributed by atoms with Gasteiger partial charge in [0.1, 0.15) is 12.6 Å². The lowest BCUT2D eigenvalue weighted by molar-refractivity contribution is -0.139. The molecule has 0 radical (unpaired) electrons. The second-order valence-electron chi connectivity index (χ2n) is 9.03. The number of aryl methyl sites for hydroxylation is 2. The van der Waals surface area contributed by atoms with Gasteiger partial charge in [0.2, 0.25) is 21.8 Å². The Hall–Kier alpha value is -3.17. The largest absolute Gasteiger partial charge is 0.357 e. The lowest BCUT2D eigenvalue weighted by Gasteiger charge is -2.33. The minimum atomic E-state index is -3.80. The van der Waals surface area contributed by atoms with Crippen molar-refractivity contribution in [3.05, 3.63) is 99.5 Å². The summed E-state index contributed by atoms with van der Waals surface area (Å²) in [5.41, 5.74) is 3.74. The number of amides is 2. The zero-order valence-electron chi connectivity index (χ0n) is 21.4. The van der Waals surface area contributed by atoms with E-state index >= 15 is 0 Å². The Bertz CT molecular complexity index is 1360. The maximum Gasteiger partial charge on any atom is 0.244 e. The smallest absolute Gasteiger partial charge is 0.244 e. The van der Waals surface area contributed by atoms with Crippen LogP contribution in [-0.2, 0) is 32.6 Å². The van der Waals surface area contributed by atoms with Gasteiger partial charge in [-0.3, -0.25) is 13.9 Å². The van der Waals surface area contributed by atoms with Crippen LogP contribution in [0.3, 0.4) is 0 Å². The number of nitrogens with one attached hydrogen (secondary N) is 1. The molecule has 1 N–H and O–H groups in total. The quantitative estimate of drug-likeness (QED) is 0.386. The van der Waals surface area contributed by atoms with E-state index in [9.17, 15) is 18.0 Å². The molecule has 0 heterocycles. The molecule has 0 fully saturated rings. The molecule has 1 atom stereocenters. The molecule has 0 aliphatic carbocycles. The van der Waals surface area contributed by atoms with E-state index in [0.29, 0.717) is 5.69 Å². The van der Waals surface area contributed by atoms with E-state index in [2.05, 4.69) is 21.2 Å². The average molecular weight is 587 g/mol. The van der Waals surface area contributed by atoms with Crippen LogP contribution in [-0.4, -0.2) is 51.0 Å². The van der Waals surface area contributed by atoms with Gasteiger partial charge in [-0.1, -0.05) is 70.5 Å². The van der Waals surface area contributed by atoms with E-state index in [0.717, 1.165) is 37.3 Å². The normalized spacial score (nSPS) is 12.0.